The summed E-state index contributed by atoms with van der Waals surface area (Å²) in [4.78, 5) is 8.21. The average molecular weight is 323 g/mol. The first-order valence-electron chi connectivity index (χ1n) is 6.63. The highest BCUT2D eigenvalue weighted by molar-refractivity contribution is 6.32. The number of hydrogen-bond donors (Lipinski definition) is 1. The standard InChI is InChI=1S/C13H18ClF3N4/c1-20-3-4-21(2)10(8-20)7-19-12-11(14)5-9(6-18-12)13(15,16)17/h5-6,10H,3-4,7-8H2,1-2H3,(H,18,19). The molecule has 0 spiro atoms. The fourth-order valence-electron chi connectivity index (χ4n) is 2.26. The monoisotopic (exact) mass is 322 g/mol. The lowest BCUT2D eigenvalue weighted by molar-refractivity contribution is -0.137. The van der Waals surface area contributed by atoms with E-state index in [1.165, 1.54) is 0 Å². The Labute approximate surface area is 126 Å². The van der Waals surface area contributed by atoms with Crippen LogP contribution in [0.3, 0.4) is 0 Å². The van der Waals surface area contributed by atoms with Gasteiger partial charge in [0, 0.05) is 38.4 Å². The molecule has 0 amide bonds. The molecular formula is C13H18ClF3N4. The minimum Gasteiger partial charge on any atom is -0.367 e. The molecule has 1 fully saturated rings. The van der Waals surface area contributed by atoms with E-state index in [1.54, 1.807) is 0 Å². The van der Waals surface area contributed by atoms with Crippen LogP contribution in [0.2, 0.25) is 5.02 Å². The Balaban J connectivity index is 2.00. The molecule has 4 nitrogen and oxygen atoms in total. The number of nitrogens with one attached hydrogen (secondary N) is 1. The first-order valence-corrected chi connectivity index (χ1v) is 7.00. The van der Waals surface area contributed by atoms with E-state index in [1.807, 2.05) is 14.1 Å². The third kappa shape index (κ3) is 4.21. The van der Waals surface area contributed by atoms with Gasteiger partial charge in [0.05, 0.1) is 10.6 Å². The molecule has 1 unspecified atom stereocenters. The highest BCUT2D eigenvalue weighted by atomic mass is 35.5. The molecule has 8 heteroatoms. The lowest BCUT2D eigenvalue weighted by Gasteiger charge is -2.37. The zero-order chi connectivity index (χ0) is 15.6. The highest BCUT2D eigenvalue weighted by Crippen LogP contribution is 2.32. The third-order valence-corrected chi connectivity index (χ3v) is 3.94. The number of pyridine rings is 1. The lowest BCUT2D eigenvalue weighted by Crippen LogP contribution is -2.52. The van der Waals surface area contributed by atoms with Gasteiger partial charge < -0.3 is 10.2 Å². The Bertz CT molecular complexity index is 495. The van der Waals surface area contributed by atoms with Gasteiger partial charge >= 0.3 is 6.18 Å². The van der Waals surface area contributed by atoms with Crippen LogP contribution in [0.5, 0.6) is 0 Å². The summed E-state index contributed by atoms with van der Waals surface area (Å²) < 4.78 is 37.6. The van der Waals surface area contributed by atoms with E-state index in [-0.39, 0.29) is 16.9 Å². The van der Waals surface area contributed by atoms with Crippen LogP contribution in [-0.4, -0.2) is 61.1 Å². The Morgan fingerprint density at radius 2 is 2.10 bits per heavy atom. The predicted molar refractivity (Wildman–Crippen MR) is 76.7 cm³/mol. The van der Waals surface area contributed by atoms with Crippen LogP contribution in [0.15, 0.2) is 12.3 Å². The van der Waals surface area contributed by atoms with Gasteiger partial charge in [-0.15, -0.1) is 0 Å². The van der Waals surface area contributed by atoms with Crippen LogP contribution in [0.25, 0.3) is 0 Å². The van der Waals surface area contributed by atoms with Gasteiger partial charge in [-0.25, -0.2) is 4.98 Å². The van der Waals surface area contributed by atoms with E-state index < -0.39 is 11.7 Å². The van der Waals surface area contributed by atoms with E-state index in [0.29, 0.717) is 6.54 Å². The van der Waals surface area contributed by atoms with E-state index in [2.05, 4.69) is 20.1 Å². The summed E-state index contributed by atoms with van der Waals surface area (Å²) in [6.07, 6.45) is -3.63. The quantitative estimate of drug-likeness (QED) is 0.926. The molecule has 2 heterocycles. The number of hydrogen-bond acceptors (Lipinski definition) is 4. The average Bonchev–Trinajstić information content (AvgIpc) is 2.40. The van der Waals surface area contributed by atoms with Gasteiger partial charge in [0.1, 0.15) is 5.82 Å². The summed E-state index contributed by atoms with van der Waals surface area (Å²) in [5.74, 6) is 0.284. The minimum absolute atomic E-state index is 0.0170. The van der Waals surface area contributed by atoms with Gasteiger partial charge in [0.15, 0.2) is 0 Å². The van der Waals surface area contributed by atoms with Crippen molar-refractivity contribution in [2.75, 3.05) is 45.6 Å². The second kappa shape index (κ2) is 6.37. The van der Waals surface area contributed by atoms with E-state index in [4.69, 9.17) is 11.6 Å². The zero-order valence-corrected chi connectivity index (χ0v) is 12.7. The number of aromatic nitrogens is 1. The number of halogens is 4. The highest BCUT2D eigenvalue weighted by Gasteiger charge is 2.31. The largest absolute Gasteiger partial charge is 0.417 e. The summed E-state index contributed by atoms with van der Waals surface area (Å²) in [5.41, 5.74) is -0.840. The smallest absolute Gasteiger partial charge is 0.367 e. The Morgan fingerprint density at radius 1 is 1.38 bits per heavy atom. The second-order valence-electron chi connectivity index (χ2n) is 5.33. The zero-order valence-electron chi connectivity index (χ0n) is 11.9. The Morgan fingerprint density at radius 3 is 2.71 bits per heavy atom. The van der Waals surface area contributed by atoms with E-state index in [9.17, 15) is 13.2 Å². The number of rotatable bonds is 3. The molecule has 1 N–H and O–H groups in total. The SMILES string of the molecule is CN1CCN(C)C(CNc2ncc(C(F)(F)F)cc2Cl)C1. The number of anilines is 1. The van der Waals surface area contributed by atoms with Crippen LogP contribution in [-0.2, 0) is 6.18 Å². The van der Waals surface area contributed by atoms with Crippen molar-refractivity contribution in [1.29, 1.82) is 0 Å². The number of nitrogens with zero attached hydrogens (tertiary/aromatic N) is 3. The van der Waals surface area contributed by atoms with Gasteiger partial charge in [-0.1, -0.05) is 11.6 Å². The fraction of sp³-hybridized carbons (Fsp3) is 0.615. The van der Waals surface area contributed by atoms with Crippen LogP contribution < -0.4 is 5.32 Å². The third-order valence-electron chi connectivity index (χ3n) is 3.65. The Kier molecular flexibility index (Phi) is 4.95. The molecule has 1 aliphatic heterocycles. The molecule has 118 valence electrons. The van der Waals surface area contributed by atoms with Crippen molar-refractivity contribution in [2.24, 2.45) is 0 Å². The Hall–Kier alpha value is -1.05. The van der Waals surface area contributed by atoms with Gasteiger partial charge in [-0.05, 0) is 20.2 Å². The number of piperazine rings is 1. The van der Waals surface area contributed by atoms with Crippen LogP contribution in [0.1, 0.15) is 5.56 Å². The molecule has 0 saturated carbocycles. The van der Waals surface area contributed by atoms with Gasteiger partial charge in [-0.3, -0.25) is 4.90 Å². The normalized spacial score (nSPS) is 21.5. The molecule has 0 radical (unpaired) electrons. The maximum absolute atomic E-state index is 12.5. The van der Waals surface area contributed by atoms with Crippen molar-refractivity contribution in [3.05, 3.63) is 22.8 Å². The van der Waals surface area contributed by atoms with Crippen molar-refractivity contribution in [2.45, 2.75) is 12.2 Å². The van der Waals surface area contributed by atoms with Gasteiger partial charge in [0.25, 0.3) is 0 Å². The summed E-state index contributed by atoms with van der Waals surface area (Å²) in [6.45, 7) is 3.43. The molecule has 0 aliphatic carbocycles. The maximum Gasteiger partial charge on any atom is 0.417 e. The summed E-state index contributed by atoms with van der Waals surface area (Å²) in [5, 5.41) is 3.02. The number of alkyl halides is 3. The van der Waals surface area contributed by atoms with Crippen LogP contribution in [0, 0.1) is 0 Å². The fourth-order valence-corrected chi connectivity index (χ4v) is 2.49. The molecule has 21 heavy (non-hydrogen) atoms. The van der Waals surface area contributed by atoms with Crippen LogP contribution in [0.4, 0.5) is 19.0 Å². The lowest BCUT2D eigenvalue weighted by atomic mass is 10.2. The summed E-state index contributed by atoms with van der Waals surface area (Å²) in [6, 6.07) is 1.16. The number of likely N-dealkylation sites (N-methyl/N-ethyl adjacent to an activating group) is 2. The van der Waals surface area contributed by atoms with Crippen molar-refractivity contribution in [3.8, 4) is 0 Å². The van der Waals surface area contributed by atoms with Crippen LogP contribution >= 0.6 is 11.6 Å². The topological polar surface area (TPSA) is 31.4 Å². The molecule has 1 aromatic rings. The molecule has 1 aliphatic rings. The van der Waals surface area contributed by atoms with Crippen molar-refractivity contribution < 1.29 is 13.2 Å². The van der Waals surface area contributed by atoms with Crippen molar-refractivity contribution in [3.63, 3.8) is 0 Å². The maximum atomic E-state index is 12.5. The van der Waals surface area contributed by atoms with Gasteiger partial charge in [-0.2, -0.15) is 13.2 Å². The molecule has 0 aromatic carbocycles. The minimum atomic E-state index is -4.43. The second-order valence-corrected chi connectivity index (χ2v) is 5.74. The van der Waals surface area contributed by atoms with E-state index >= 15 is 0 Å². The molecule has 1 atom stereocenters. The predicted octanol–water partition coefficient (Wildman–Crippen LogP) is 2.41. The first-order chi connectivity index (χ1) is 9.77. The molecule has 1 aromatic heterocycles. The van der Waals surface area contributed by atoms with Gasteiger partial charge in [0.2, 0.25) is 0 Å². The van der Waals surface area contributed by atoms with Crippen molar-refractivity contribution in [1.82, 2.24) is 14.8 Å². The first kappa shape index (κ1) is 16.3. The molecule has 0 bridgehead atoms. The van der Waals surface area contributed by atoms with Crippen molar-refractivity contribution >= 4 is 17.4 Å². The molecule has 1 saturated heterocycles. The van der Waals surface area contributed by atoms with E-state index in [0.717, 1.165) is 31.9 Å². The molecular weight excluding hydrogens is 305 g/mol. The summed E-state index contributed by atoms with van der Waals surface area (Å²) >= 11 is 5.87. The molecule has 2 rings (SSSR count). The summed E-state index contributed by atoms with van der Waals surface area (Å²) in [7, 11) is 4.07.